The molecule has 1 unspecified atom stereocenters. The summed E-state index contributed by atoms with van der Waals surface area (Å²) in [5.41, 5.74) is 1.25. The Bertz CT molecular complexity index is 585. The smallest absolute Gasteiger partial charge is 0.142 e. The van der Waals surface area contributed by atoms with Crippen molar-refractivity contribution < 1.29 is 4.39 Å². The SMILES string of the molecule is Fc1c(Br)cccc1C(Br)c1cc(Cl)ccc1Cl. The average molecular weight is 413 g/mol. The normalized spacial score (nSPS) is 12.5. The molecule has 1 atom stereocenters. The molecular formula is C13H7Br2Cl2F. The molecule has 2 aromatic carbocycles. The second-order valence-corrected chi connectivity index (χ2v) is 6.29. The van der Waals surface area contributed by atoms with Crippen LogP contribution in [0.5, 0.6) is 0 Å². The third kappa shape index (κ3) is 2.90. The third-order valence-corrected chi connectivity index (χ3v) is 4.66. The topological polar surface area (TPSA) is 0 Å². The largest absolute Gasteiger partial charge is 0.205 e. The molecule has 0 radical (unpaired) electrons. The zero-order chi connectivity index (χ0) is 13.3. The fourth-order valence-electron chi connectivity index (χ4n) is 1.59. The Labute approximate surface area is 131 Å². The van der Waals surface area contributed by atoms with Gasteiger partial charge in [0.15, 0.2) is 0 Å². The number of halogens is 5. The highest BCUT2D eigenvalue weighted by molar-refractivity contribution is 9.10. The minimum Gasteiger partial charge on any atom is -0.205 e. The molecule has 0 bridgehead atoms. The molecule has 0 aromatic heterocycles. The van der Waals surface area contributed by atoms with Crippen LogP contribution in [0.15, 0.2) is 40.9 Å². The van der Waals surface area contributed by atoms with Crippen LogP contribution in [0, 0.1) is 5.82 Å². The summed E-state index contributed by atoms with van der Waals surface area (Å²) in [6.07, 6.45) is 0. The van der Waals surface area contributed by atoms with E-state index in [2.05, 4.69) is 31.9 Å². The van der Waals surface area contributed by atoms with E-state index in [1.807, 2.05) is 0 Å². The summed E-state index contributed by atoms with van der Waals surface area (Å²) in [6.45, 7) is 0. The van der Waals surface area contributed by atoms with E-state index >= 15 is 0 Å². The van der Waals surface area contributed by atoms with Crippen LogP contribution in [-0.2, 0) is 0 Å². The standard InChI is InChI=1S/C13H7Br2Cl2F/c14-10-3-1-2-8(13(10)18)12(15)9-6-7(16)4-5-11(9)17/h1-6,12H. The third-order valence-electron chi connectivity index (χ3n) is 2.49. The van der Waals surface area contributed by atoms with Gasteiger partial charge in [-0.3, -0.25) is 0 Å². The first-order chi connectivity index (χ1) is 8.50. The molecular weight excluding hydrogens is 406 g/mol. The summed E-state index contributed by atoms with van der Waals surface area (Å²) in [4.78, 5) is -0.346. The van der Waals surface area contributed by atoms with Gasteiger partial charge >= 0.3 is 0 Å². The van der Waals surface area contributed by atoms with E-state index in [1.54, 1.807) is 36.4 Å². The van der Waals surface area contributed by atoms with Crippen molar-refractivity contribution in [3.8, 4) is 0 Å². The summed E-state index contributed by atoms with van der Waals surface area (Å²) in [6, 6.07) is 10.3. The maximum absolute atomic E-state index is 14.0. The monoisotopic (exact) mass is 410 g/mol. The van der Waals surface area contributed by atoms with Crippen LogP contribution in [0.2, 0.25) is 10.0 Å². The number of rotatable bonds is 2. The molecule has 0 aliphatic carbocycles. The molecule has 0 amide bonds. The highest BCUT2D eigenvalue weighted by atomic mass is 79.9. The van der Waals surface area contributed by atoms with Crippen LogP contribution in [0.1, 0.15) is 16.0 Å². The van der Waals surface area contributed by atoms with Crippen molar-refractivity contribution in [2.75, 3.05) is 0 Å². The lowest BCUT2D eigenvalue weighted by Crippen LogP contribution is -1.98. The van der Waals surface area contributed by atoms with E-state index in [-0.39, 0.29) is 10.6 Å². The first-order valence-corrected chi connectivity index (χ1v) is 7.50. The highest BCUT2D eigenvalue weighted by Crippen LogP contribution is 2.38. The Balaban J connectivity index is 2.51. The Morgan fingerprint density at radius 1 is 1.06 bits per heavy atom. The van der Waals surface area contributed by atoms with E-state index in [0.717, 1.165) is 5.56 Å². The van der Waals surface area contributed by atoms with Crippen molar-refractivity contribution in [1.29, 1.82) is 0 Å². The van der Waals surface area contributed by atoms with Crippen LogP contribution in [-0.4, -0.2) is 0 Å². The Kier molecular flexibility index (Phi) is 4.70. The molecule has 0 aliphatic rings. The fraction of sp³-hybridized carbons (Fsp3) is 0.0769. The van der Waals surface area contributed by atoms with Gasteiger partial charge in [0, 0.05) is 15.6 Å². The van der Waals surface area contributed by atoms with Gasteiger partial charge in [0.05, 0.1) is 9.30 Å². The van der Waals surface area contributed by atoms with E-state index in [9.17, 15) is 4.39 Å². The summed E-state index contributed by atoms with van der Waals surface area (Å²) < 4.78 is 14.4. The molecule has 0 aliphatic heterocycles. The number of hydrogen-bond donors (Lipinski definition) is 0. The summed E-state index contributed by atoms with van der Waals surface area (Å²) in [5, 5.41) is 1.11. The van der Waals surface area contributed by atoms with E-state index in [0.29, 0.717) is 20.1 Å². The highest BCUT2D eigenvalue weighted by Gasteiger charge is 2.19. The zero-order valence-electron chi connectivity index (χ0n) is 8.93. The maximum atomic E-state index is 14.0. The first-order valence-electron chi connectivity index (χ1n) is 5.03. The van der Waals surface area contributed by atoms with Crippen LogP contribution in [0.3, 0.4) is 0 Å². The lowest BCUT2D eigenvalue weighted by Gasteiger charge is -2.14. The quantitative estimate of drug-likeness (QED) is 0.502. The van der Waals surface area contributed by atoms with Gasteiger partial charge in [0.25, 0.3) is 0 Å². The summed E-state index contributed by atoms with van der Waals surface area (Å²) >= 11 is 18.7. The van der Waals surface area contributed by atoms with Crippen molar-refractivity contribution in [2.45, 2.75) is 4.83 Å². The van der Waals surface area contributed by atoms with Crippen LogP contribution < -0.4 is 0 Å². The van der Waals surface area contributed by atoms with E-state index in [4.69, 9.17) is 23.2 Å². The van der Waals surface area contributed by atoms with Crippen molar-refractivity contribution in [1.82, 2.24) is 0 Å². The molecule has 2 aromatic rings. The molecule has 0 fully saturated rings. The van der Waals surface area contributed by atoms with Crippen molar-refractivity contribution in [2.24, 2.45) is 0 Å². The molecule has 0 nitrogen and oxygen atoms in total. The van der Waals surface area contributed by atoms with Crippen LogP contribution >= 0.6 is 55.1 Å². The lowest BCUT2D eigenvalue weighted by molar-refractivity contribution is 0.607. The second kappa shape index (κ2) is 5.91. The van der Waals surface area contributed by atoms with E-state index < -0.39 is 0 Å². The Morgan fingerprint density at radius 2 is 1.78 bits per heavy atom. The molecule has 0 N–H and O–H groups in total. The lowest BCUT2D eigenvalue weighted by atomic mass is 10.0. The van der Waals surface area contributed by atoms with Gasteiger partial charge in [-0.15, -0.1) is 0 Å². The maximum Gasteiger partial charge on any atom is 0.142 e. The minimum atomic E-state index is -0.346. The van der Waals surface area contributed by atoms with Gasteiger partial charge in [0.1, 0.15) is 5.82 Å². The van der Waals surface area contributed by atoms with Crippen molar-refractivity contribution in [3.63, 3.8) is 0 Å². The molecule has 0 spiro atoms. The minimum absolute atomic E-state index is 0.310. The molecule has 0 saturated carbocycles. The van der Waals surface area contributed by atoms with Crippen LogP contribution in [0.4, 0.5) is 4.39 Å². The Morgan fingerprint density at radius 3 is 2.50 bits per heavy atom. The molecule has 0 saturated heterocycles. The van der Waals surface area contributed by atoms with E-state index in [1.165, 1.54) is 0 Å². The molecule has 0 heterocycles. The summed E-state index contributed by atoms with van der Waals surface area (Å²) in [7, 11) is 0. The predicted molar refractivity (Wildman–Crippen MR) is 81.3 cm³/mol. The first kappa shape index (κ1) is 14.3. The molecule has 18 heavy (non-hydrogen) atoms. The number of alkyl halides is 1. The van der Waals surface area contributed by atoms with Crippen LogP contribution in [0.25, 0.3) is 0 Å². The molecule has 94 valence electrons. The van der Waals surface area contributed by atoms with Gasteiger partial charge in [-0.05, 0) is 45.8 Å². The number of benzene rings is 2. The zero-order valence-corrected chi connectivity index (χ0v) is 13.6. The van der Waals surface area contributed by atoms with Crippen molar-refractivity contribution >= 4 is 55.1 Å². The average Bonchev–Trinajstić information content (AvgIpc) is 2.35. The van der Waals surface area contributed by atoms with Gasteiger partial charge in [-0.1, -0.05) is 51.3 Å². The van der Waals surface area contributed by atoms with Crippen molar-refractivity contribution in [3.05, 3.63) is 67.9 Å². The van der Waals surface area contributed by atoms with Gasteiger partial charge in [-0.25, -0.2) is 4.39 Å². The predicted octanol–water partition coefficient (Wildman–Crippen LogP) is 6.38. The summed E-state index contributed by atoms with van der Waals surface area (Å²) in [5.74, 6) is -0.310. The van der Waals surface area contributed by atoms with Gasteiger partial charge in [-0.2, -0.15) is 0 Å². The van der Waals surface area contributed by atoms with Gasteiger partial charge in [0.2, 0.25) is 0 Å². The molecule has 2 rings (SSSR count). The fourth-order valence-corrected chi connectivity index (χ4v) is 3.25. The Hall–Kier alpha value is -0.0900. The number of hydrogen-bond acceptors (Lipinski definition) is 0. The molecule has 5 heteroatoms. The second-order valence-electron chi connectivity index (χ2n) is 3.67. The van der Waals surface area contributed by atoms with Gasteiger partial charge < -0.3 is 0 Å².